The Bertz CT molecular complexity index is 1080. The third-order valence-electron chi connectivity index (χ3n) is 9.56. The summed E-state index contributed by atoms with van der Waals surface area (Å²) in [4.78, 5) is 27.3. The first-order chi connectivity index (χ1) is 16.4. The number of carbonyl (C=O) groups excluding carboxylic acids is 2. The van der Waals surface area contributed by atoms with E-state index in [1.165, 1.54) is 0 Å². The highest BCUT2D eigenvalue weighted by Gasteiger charge is 2.71. The van der Waals surface area contributed by atoms with Gasteiger partial charge in [0.1, 0.15) is 17.8 Å². The third-order valence-corrected chi connectivity index (χ3v) is 9.56. The van der Waals surface area contributed by atoms with Crippen molar-refractivity contribution < 1.29 is 39.5 Å². The van der Waals surface area contributed by atoms with Crippen molar-refractivity contribution in [3.05, 3.63) is 47.0 Å². The average Bonchev–Trinajstić information content (AvgIpc) is 2.80. The van der Waals surface area contributed by atoms with Gasteiger partial charge in [-0.05, 0) is 37.1 Å². The molecule has 190 valence electrons. The maximum atomic E-state index is 14.0. The number of benzene rings is 1. The summed E-state index contributed by atoms with van der Waals surface area (Å²) in [5.41, 5.74) is -3.67. The number of esters is 1. The number of fused-ring (bicyclic) bond motifs is 5. The molecule has 5 rings (SSSR count). The molecule has 2 bridgehead atoms. The van der Waals surface area contributed by atoms with Crippen molar-refractivity contribution in [1.29, 1.82) is 0 Å². The van der Waals surface area contributed by atoms with Gasteiger partial charge in [0.05, 0.1) is 35.9 Å². The summed E-state index contributed by atoms with van der Waals surface area (Å²) in [7, 11) is 0. The number of aliphatic hydroxyl groups excluding tert-OH is 3. The van der Waals surface area contributed by atoms with E-state index in [9.17, 15) is 30.0 Å². The van der Waals surface area contributed by atoms with Crippen molar-refractivity contribution in [2.75, 3.05) is 6.61 Å². The van der Waals surface area contributed by atoms with Crippen LogP contribution in [-0.4, -0.2) is 74.9 Å². The largest absolute Gasteiger partial charge is 0.455 e. The Hall–Kier alpha value is -2.10. The lowest BCUT2D eigenvalue weighted by Gasteiger charge is -2.64. The van der Waals surface area contributed by atoms with Crippen LogP contribution in [0.5, 0.6) is 0 Å². The molecule has 0 radical (unpaired) electrons. The summed E-state index contributed by atoms with van der Waals surface area (Å²) >= 11 is 0. The molecule has 1 aromatic carbocycles. The molecule has 9 atom stereocenters. The maximum Gasteiger partial charge on any atom is 0.338 e. The molecule has 0 spiro atoms. The fourth-order valence-corrected chi connectivity index (χ4v) is 7.21. The van der Waals surface area contributed by atoms with Crippen LogP contribution in [-0.2, 0) is 14.3 Å². The lowest BCUT2D eigenvalue weighted by atomic mass is 9.46. The van der Waals surface area contributed by atoms with Crippen molar-refractivity contribution >= 4 is 11.8 Å². The summed E-state index contributed by atoms with van der Waals surface area (Å²) in [5, 5.41) is 46.0. The molecule has 8 heteroatoms. The van der Waals surface area contributed by atoms with E-state index in [4.69, 9.17) is 9.47 Å². The molecule has 3 fully saturated rings. The van der Waals surface area contributed by atoms with E-state index < -0.39 is 58.5 Å². The molecule has 8 nitrogen and oxygen atoms in total. The molecule has 0 unspecified atom stereocenters. The smallest absolute Gasteiger partial charge is 0.338 e. The van der Waals surface area contributed by atoms with Gasteiger partial charge in [-0.1, -0.05) is 32.0 Å². The van der Waals surface area contributed by atoms with E-state index in [1.54, 1.807) is 58.0 Å². The second-order valence-electron chi connectivity index (χ2n) is 11.4. The lowest BCUT2D eigenvalue weighted by Crippen LogP contribution is -2.74. The zero-order valence-corrected chi connectivity index (χ0v) is 20.5. The molecule has 1 saturated heterocycles. The minimum absolute atomic E-state index is 0.149. The predicted molar refractivity (Wildman–Crippen MR) is 124 cm³/mol. The van der Waals surface area contributed by atoms with E-state index in [1.807, 2.05) is 0 Å². The van der Waals surface area contributed by atoms with Crippen LogP contribution >= 0.6 is 0 Å². The molecule has 35 heavy (non-hydrogen) atoms. The van der Waals surface area contributed by atoms with Crippen LogP contribution in [0, 0.1) is 22.7 Å². The van der Waals surface area contributed by atoms with Crippen molar-refractivity contribution in [3.8, 4) is 0 Å². The number of aliphatic hydroxyl groups is 4. The van der Waals surface area contributed by atoms with Gasteiger partial charge in [-0.15, -0.1) is 0 Å². The quantitative estimate of drug-likeness (QED) is 0.364. The Kier molecular flexibility index (Phi) is 5.58. The SMILES string of the molecule is CC1=C2[C@@H](O)C(=O)[C@@]3(C)[C@@H]([C@@H]4CO[C@@H]4C[C@@H]3O)[C@H](OC(=O)c3ccccc3)[C@](O)(C[C@@H]1O)C2(C)C. The third kappa shape index (κ3) is 3.17. The van der Waals surface area contributed by atoms with Gasteiger partial charge in [0, 0.05) is 30.1 Å². The molecule has 3 aliphatic carbocycles. The van der Waals surface area contributed by atoms with Gasteiger partial charge in [-0.25, -0.2) is 4.79 Å². The second-order valence-corrected chi connectivity index (χ2v) is 11.4. The molecule has 1 aliphatic heterocycles. The number of ether oxygens (including phenoxy) is 2. The number of carbonyl (C=O) groups is 2. The number of rotatable bonds is 2. The fourth-order valence-electron chi connectivity index (χ4n) is 7.21. The Morgan fingerprint density at radius 3 is 2.37 bits per heavy atom. The maximum absolute atomic E-state index is 14.0. The van der Waals surface area contributed by atoms with Crippen molar-refractivity contribution in [2.24, 2.45) is 22.7 Å². The highest BCUT2D eigenvalue weighted by molar-refractivity contribution is 5.93. The number of hydrogen-bond acceptors (Lipinski definition) is 8. The van der Waals surface area contributed by atoms with Gasteiger partial charge in [0.25, 0.3) is 0 Å². The van der Waals surface area contributed by atoms with Gasteiger partial charge in [-0.3, -0.25) is 4.79 Å². The molecule has 1 heterocycles. The molecule has 0 aromatic heterocycles. The van der Waals surface area contributed by atoms with E-state index in [0.717, 1.165) is 0 Å². The Morgan fingerprint density at radius 1 is 1.11 bits per heavy atom. The molecule has 4 aliphatic rings. The zero-order valence-electron chi connectivity index (χ0n) is 20.5. The molecule has 4 N–H and O–H groups in total. The van der Waals surface area contributed by atoms with Crippen LogP contribution in [0.3, 0.4) is 0 Å². The van der Waals surface area contributed by atoms with Crippen LogP contribution in [0.25, 0.3) is 0 Å². The van der Waals surface area contributed by atoms with Gasteiger partial charge in [0.15, 0.2) is 5.78 Å². The standard InChI is InChI=1S/C27H34O8/c1-13-16(28)11-27(33)23(35-24(32)14-8-6-5-7-9-14)20-15-12-34-17(15)10-18(29)26(20,4)22(31)21(30)19(13)25(27,2)3/h5-9,15-18,20-21,23,28-30,33H,10-12H2,1-4H3/t15-,16+,17-,18+,20+,21-,23+,26-,27-/m1/s1. The van der Waals surface area contributed by atoms with E-state index >= 15 is 0 Å². The zero-order chi connectivity index (χ0) is 25.5. The lowest BCUT2D eigenvalue weighted by molar-refractivity contribution is -0.276. The van der Waals surface area contributed by atoms with Crippen LogP contribution < -0.4 is 0 Å². The van der Waals surface area contributed by atoms with Gasteiger partial charge >= 0.3 is 5.97 Å². The second kappa shape index (κ2) is 7.95. The fraction of sp³-hybridized carbons (Fsp3) is 0.630. The van der Waals surface area contributed by atoms with Gasteiger partial charge in [-0.2, -0.15) is 0 Å². The van der Waals surface area contributed by atoms with Crippen LogP contribution in [0.2, 0.25) is 0 Å². The molecule has 1 aromatic rings. The normalized spacial score (nSPS) is 44.3. The van der Waals surface area contributed by atoms with E-state index in [0.29, 0.717) is 5.57 Å². The van der Waals surface area contributed by atoms with Gasteiger partial charge in [0.2, 0.25) is 0 Å². The number of Topliss-reactive ketones (excluding diaryl/α,β-unsaturated/α-hetero) is 1. The van der Waals surface area contributed by atoms with Crippen molar-refractivity contribution in [3.63, 3.8) is 0 Å². The number of hydrogen-bond donors (Lipinski definition) is 4. The van der Waals surface area contributed by atoms with Crippen LogP contribution in [0.4, 0.5) is 0 Å². The number of ketones is 1. The summed E-state index contributed by atoms with van der Waals surface area (Å²) in [6, 6.07) is 8.37. The summed E-state index contributed by atoms with van der Waals surface area (Å²) in [5.74, 6) is -2.38. The molecule has 2 saturated carbocycles. The summed E-state index contributed by atoms with van der Waals surface area (Å²) in [6.45, 7) is 6.91. The van der Waals surface area contributed by atoms with Crippen molar-refractivity contribution in [2.45, 2.75) is 76.7 Å². The minimum atomic E-state index is -1.84. The van der Waals surface area contributed by atoms with E-state index in [2.05, 4.69) is 0 Å². The molecular weight excluding hydrogens is 452 g/mol. The van der Waals surface area contributed by atoms with Crippen molar-refractivity contribution in [1.82, 2.24) is 0 Å². The molecule has 0 amide bonds. The Labute approximate surface area is 204 Å². The summed E-state index contributed by atoms with van der Waals surface area (Å²) in [6.07, 6.45) is -5.50. The Balaban J connectivity index is 1.74. The highest BCUT2D eigenvalue weighted by Crippen LogP contribution is 2.61. The first kappa shape index (κ1) is 24.6. The summed E-state index contributed by atoms with van der Waals surface area (Å²) < 4.78 is 11.8. The first-order valence-electron chi connectivity index (χ1n) is 12.2. The monoisotopic (exact) mass is 486 g/mol. The first-order valence-corrected chi connectivity index (χ1v) is 12.2. The van der Waals surface area contributed by atoms with E-state index in [-0.39, 0.29) is 42.6 Å². The minimum Gasteiger partial charge on any atom is -0.455 e. The molecular formula is C27H34O8. The van der Waals surface area contributed by atoms with Crippen LogP contribution in [0.1, 0.15) is 50.9 Å². The highest BCUT2D eigenvalue weighted by atomic mass is 16.6. The predicted octanol–water partition coefficient (Wildman–Crippen LogP) is 1.40. The average molecular weight is 487 g/mol. The Morgan fingerprint density at radius 2 is 1.77 bits per heavy atom. The topological polar surface area (TPSA) is 134 Å². The van der Waals surface area contributed by atoms with Crippen LogP contribution in [0.15, 0.2) is 41.5 Å². The van der Waals surface area contributed by atoms with Gasteiger partial charge < -0.3 is 29.9 Å².